The van der Waals surface area contributed by atoms with Gasteiger partial charge in [0.25, 0.3) is 0 Å². The second-order valence-corrected chi connectivity index (χ2v) is 31.0. The van der Waals surface area contributed by atoms with Crippen LogP contribution in [-0.2, 0) is 10.8 Å². The van der Waals surface area contributed by atoms with Gasteiger partial charge in [-0.25, -0.2) is 0 Å². The van der Waals surface area contributed by atoms with Crippen molar-refractivity contribution in [1.82, 2.24) is 0 Å². The van der Waals surface area contributed by atoms with Crippen LogP contribution in [0.4, 0.5) is 34.1 Å². The minimum atomic E-state index is -0.355. The Morgan fingerprint density at radius 1 is 0.200 bits per heavy atom. The van der Waals surface area contributed by atoms with Crippen LogP contribution in [-0.4, -0.2) is 0 Å². The molecular formula is C106H72N2O2. The summed E-state index contributed by atoms with van der Waals surface area (Å²) in [5.74, 6) is 0. The Kier molecular flexibility index (Phi) is 14.1. The van der Waals surface area contributed by atoms with Gasteiger partial charge in [-0.1, -0.05) is 289 Å². The molecule has 2 aliphatic carbocycles. The summed E-state index contributed by atoms with van der Waals surface area (Å²) in [6.45, 7) is 9.60. The van der Waals surface area contributed by atoms with E-state index in [-0.39, 0.29) is 10.8 Å². The summed E-state index contributed by atoms with van der Waals surface area (Å²) in [6, 6.07) is 135. The molecule has 2 aliphatic rings. The first kappa shape index (κ1) is 63.5. The van der Waals surface area contributed by atoms with Crippen molar-refractivity contribution in [2.45, 2.75) is 38.5 Å². The Morgan fingerprint density at radius 3 is 1.24 bits per heavy atom. The lowest BCUT2D eigenvalue weighted by molar-refractivity contribution is 0.660. The van der Waals surface area contributed by atoms with Crippen LogP contribution in [0.15, 0.2) is 373 Å². The van der Waals surface area contributed by atoms with Crippen molar-refractivity contribution in [2.24, 2.45) is 0 Å². The van der Waals surface area contributed by atoms with Crippen LogP contribution in [0.5, 0.6) is 0 Å². The monoisotopic (exact) mass is 1400 g/mol. The first-order chi connectivity index (χ1) is 54.0. The second kappa shape index (κ2) is 24.4. The second-order valence-electron chi connectivity index (χ2n) is 31.0. The molecule has 0 radical (unpaired) electrons. The molecule has 0 unspecified atom stereocenters. The highest BCUT2D eigenvalue weighted by molar-refractivity contribution is 6.17. The maximum absolute atomic E-state index is 7.07. The maximum atomic E-state index is 7.07. The number of fused-ring (bicyclic) bond motifs is 18. The summed E-state index contributed by atoms with van der Waals surface area (Å²) >= 11 is 0. The lowest BCUT2D eigenvalue weighted by Crippen LogP contribution is -2.17. The molecule has 0 aliphatic heterocycles. The average molecular weight is 1410 g/mol. The van der Waals surface area contributed by atoms with Crippen molar-refractivity contribution in [3.05, 3.63) is 386 Å². The Labute approximate surface area is 638 Å². The minimum absolute atomic E-state index is 0.311. The minimum Gasteiger partial charge on any atom is -0.456 e. The lowest BCUT2D eigenvalue weighted by atomic mass is 9.81. The van der Waals surface area contributed by atoms with Crippen molar-refractivity contribution >= 4 is 121 Å². The van der Waals surface area contributed by atoms with Gasteiger partial charge in [-0.15, -0.1) is 0 Å². The van der Waals surface area contributed by atoms with E-state index in [1.54, 1.807) is 0 Å². The predicted octanol–water partition coefficient (Wildman–Crippen LogP) is 30.0. The number of furan rings is 2. The molecule has 18 aromatic carbocycles. The van der Waals surface area contributed by atoms with Gasteiger partial charge in [-0.3, -0.25) is 0 Å². The highest BCUT2D eigenvalue weighted by Crippen LogP contribution is 2.57. The number of hydrogen-bond acceptors (Lipinski definition) is 4. The molecule has 518 valence electrons. The van der Waals surface area contributed by atoms with Crippen LogP contribution < -0.4 is 9.80 Å². The van der Waals surface area contributed by atoms with Crippen molar-refractivity contribution in [3.63, 3.8) is 0 Å². The van der Waals surface area contributed by atoms with Gasteiger partial charge in [0.1, 0.15) is 16.7 Å². The van der Waals surface area contributed by atoms with Gasteiger partial charge in [0.15, 0.2) is 5.58 Å². The number of nitrogens with zero attached hydrogens (tertiary/aromatic N) is 2. The molecule has 0 fully saturated rings. The van der Waals surface area contributed by atoms with E-state index >= 15 is 0 Å². The quantitative estimate of drug-likeness (QED) is 0.121. The smallest absolute Gasteiger partial charge is 0.159 e. The van der Waals surface area contributed by atoms with Crippen molar-refractivity contribution in [3.8, 4) is 77.9 Å². The number of hydrogen-bond donors (Lipinski definition) is 0. The topological polar surface area (TPSA) is 32.8 Å². The molecule has 0 amide bonds. The molecule has 0 bridgehead atoms. The Bertz CT molecular complexity index is 7240. The standard InChI is InChI=1S/C106H72N2O2/c1-105(2)94-58-71(91-56-69-28-11-13-30-76(69)80-33-15-17-35-82(80)91)44-50-84(94)86-53-46-74(63-96(86)105)107(98-39-21-19-32-78(98)65-24-7-5-8-25-65)73-48-55-102-93(62-73)89-52-43-68(61-103(89)109-102)67-42-49-79(66-26-9-6-10-27-66)100(60-67)108(99-40-23-38-90-88-37-20-22-41-101(88)110-104(90)99)75-47-54-87-85-51-45-72(59-95(85)106(3,4)97(87)64-75)92-57-70-29-12-14-31-77(70)81-34-16-18-36-83(81)92/h5-64H,1-4H3. The zero-order chi connectivity index (χ0) is 73.1. The van der Waals surface area contributed by atoms with Crippen LogP contribution in [0.25, 0.3) is 165 Å². The summed E-state index contributed by atoms with van der Waals surface area (Å²) in [5, 5.41) is 14.3. The fraction of sp³-hybridized carbons (Fsp3) is 0.0566. The lowest BCUT2D eigenvalue weighted by Gasteiger charge is -2.30. The van der Waals surface area contributed by atoms with E-state index in [4.69, 9.17) is 8.83 Å². The van der Waals surface area contributed by atoms with Crippen molar-refractivity contribution < 1.29 is 8.83 Å². The van der Waals surface area contributed by atoms with E-state index in [9.17, 15) is 0 Å². The van der Waals surface area contributed by atoms with E-state index in [1.165, 1.54) is 110 Å². The molecule has 2 aromatic heterocycles. The third-order valence-electron chi connectivity index (χ3n) is 24.2. The van der Waals surface area contributed by atoms with Gasteiger partial charge in [0, 0.05) is 60.6 Å². The molecule has 0 N–H and O–H groups in total. The molecule has 2 heterocycles. The van der Waals surface area contributed by atoms with Gasteiger partial charge in [-0.05, 0) is 235 Å². The van der Waals surface area contributed by atoms with Crippen LogP contribution in [0.3, 0.4) is 0 Å². The number of anilines is 6. The molecule has 0 saturated carbocycles. The largest absolute Gasteiger partial charge is 0.456 e. The highest BCUT2D eigenvalue weighted by Gasteiger charge is 2.39. The normalized spacial score (nSPS) is 13.2. The predicted molar refractivity (Wildman–Crippen MR) is 463 cm³/mol. The Morgan fingerprint density at radius 2 is 0.618 bits per heavy atom. The highest BCUT2D eigenvalue weighted by atomic mass is 16.3. The maximum Gasteiger partial charge on any atom is 0.159 e. The average Bonchev–Trinajstić information content (AvgIpc) is 1.56. The van der Waals surface area contributed by atoms with E-state index in [1.807, 2.05) is 0 Å². The van der Waals surface area contributed by atoms with Gasteiger partial charge in [-0.2, -0.15) is 0 Å². The number of para-hydroxylation sites is 3. The van der Waals surface area contributed by atoms with Gasteiger partial charge < -0.3 is 18.6 Å². The third-order valence-corrected chi connectivity index (χ3v) is 24.2. The van der Waals surface area contributed by atoms with Crippen LogP contribution in [0.1, 0.15) is 49.9 Å². The summed E-state index contributed by atoms with van der Waals surface area (Å²) in [5.41, 5.74) is 30.7. The molecule has 0 spiro atoms. The zero-order valence-electron chi connectivity index (χ0n) is 61.4. The molecule has 22 rings (SSSR count). The van der Waals surface area contributed by atoms with E-state index in [0.717, 1.165) is 111 Å². The molecule has 0 atom stereocenters. The molecule has 0 saturated heterocycles. The summed E-state index contributed by atoms with van der Waals surface area (Å²) in [6.07, 6.45) is 0. The van der Waals surface area contributed by atoms with Gasteiger partial charge in [0.2, 0.25) is 0 Å². The fourth-order valence-corrected chi connectivity index (χ4v) is 18.8. The van der Waals surface area contributed by atoms with Crippen molar-refractivity contribution in [2.75, 3.05) is 9.80 Å². The Balaban J connectivity index is 0.667. The van der Waals surface area contributed by atoms with Crippen LogP contribution >= 0.6 is 0 Å². The van der Waals surface area contributed by atoms with E-state index < -0.39 is 0 Å². The first-order valence-corrected chi connectivity index (χ1v) is 38.3. The molecule has 20 aromatic rings. The fourth-order valence-electron chi connectivity index (χ4n) is 18.8. The van der Waals surface area contributed by atoms with E-state index in [2.05, 4.69) is 401 Å². The van der Waals surface area contributed by atoms with E-state index in [0.29, 0.717) is 0 Å². The summed E-state index contributed by atoms with van der Waals surface area (Å²) in [4.78, 5) is 4.91. The third kappa shape index (κ3) is 9.78. The van der Waals surface area contributed by atoms with Crippen molar-refractivity contribution in [1.29, 1.82) is 0 Å². The molecular weight excluding hydrogens is 1330 g/mol. The molecule has 110 heavy (non-hydrogen) atoms. The number of benzene rings is 18. The SMILES string of the molecule is CC1(C)c2cc(-c3cc4ccccc4c4ccccc34)ccc2-c2ccc(N(c3ccc4oc5cc(-c6ccc(-c7ccccc7)c(N(c7ccc8c(c7)C(C)(C)c7cc(-c9cc%10ccccc%10c%10ccccc9%10)ccc7-8)c7cccc8c7oc7ccccc78)c6)ccc5c4c3)c3ccccc3-c3ccccc3)cc21. The molecule has 4 heteroatoms. The van der Waals surface area contributed by atoms with Crippen LogP contribution in [0, 0.1) is 0 Å². The first-order valence-electron chi connectivity index (χ1n) is 38.3. The summed E-state index contributed by atoms with van der Waals surface area (Å²) in [7, 11) is 0. The zero-order valence-corrected chi connectivity index (χ0v) is 61.4. The summed E-state index contributed by atoms with van der Waals surface area (Å²) < 4.78 is 14.1. The number of rotatable bonds is 11. The molecule has 4 nitrogen and oxygen atoms in total. The van der Waals surface area contributed by atoms with Gasteiger partial charge >= 0.3 is 0 Å². The van der Waals surface area contributed by atoms with Gasteiger partial charge in [0.05, 0.1) is 17.1 Å². The Hall–Kier alpha value is -13.8. The van der Waals surface area contributed by atoms with Crippen LogP contribution in [0.2, 0.25) is 0 Å².